The van der Waals surface area contributed by atoms with Crippen LogP contribution in [0, 0.1) is 18.2 Å². The standard InChI is InChI=1S/C26H31FN2O2/c1-18-15-20(27)9-10-21(18)25(2,3)24(31)29-13-11-26(12-14-29)16-23(30)28-17-22(26)19-7-5-4-6-8-19/h4-10,15,22H,11-14,16-17H2,1-3H3,(H,28,30). The first-order chi connectivity index (χ1) is 14.7. The van der Waals surface area contributed by atoms with Crippen LogP contribution in [-0.2, 0) is 15.0 Å². The van der Waals surface area contributed by atoms with Gasteiger partial charge in [0.05, 0.1) is 5.41 Å². The van der Waals surface area contributed by atoms with Gasteiger partial charge in [0, 0.05) is 32.0 Å². The Balaban J connectivity index is 1.54. The molecule has 2 saturated heterocycles. The first-order valence-electron chi connectivity index (χ1n) is 11.1. The molecule has 1 spiro atoms. The second-order valence-corrected chi connectivity index (χ2v) is 9.68. The number of halogens is 1. The molecule has 2 heterocycles. The maximum atomic E-state index is 13.6. The largest absolute Gasteiger partial charge is 0.355 e. The van der Waals surface area contributed by atoms with E-state index in [-0.39, 0.29) is 29.0 Å². The van der Waals surface area contributed by atoms with Crippen molar-refractivity contribution in [3.63, 3.8) is 0 Å². The monoisotopic (exact) mass is 422 g/mol. The molecule has 0 bridgehead atoms. The van der Waals surface area contributed by atoms with Crippen molar-refractivity contribution in [2.45, 2.75) is 51.4 Å². The van der Waals surface area contributed by atoms with Crippen molar-refractivity contribution >= 4 is 11.8 Å². The summed E-state index contributed by atoms with van der Waals surface area (Å²) in [4.78, 5) is 27.7. The molecule has 1 N–H and O–H groups in total. The molecular weight excluding hydrogens is 391 g/mol. The minimum absolute atomic E-state index is 0.0635. The number of piperidine rings is 2. The van der Waals surface area contributed by atoms with Crippen LogP contribution in [-0.4, -0.2) is 36.3 Å². The molecule has 164 valence electrons. The van der Waals surface area contributed by atoms with Gasteiger partial charge < -0.3 is 10.2 Å². The average Bonchev–Trinajstić information content (AvgIpc) is 2.74. The Morgan fingerprint density at radius 1 is 1.13 bits per heavy atom. The predicted molar refractivity (Wildman–Crippen MR) is 119 cm³/mol. The van der Waals surface area contributed by atoms with E-state index in [4.69, 9.17) is 0 Å². The maximum Gasteiger partial charge on any atom is 0.232 e. The Bertz CT molecular complexity index is 978. The van der Waals surface area contributed by atoms with Crippen LogP contribution in [0.4, 0.5) is 4.39 Å². The molecule has 2 aliphatic rings. The van der Waals surface area contributed by atoms with E-state index in [0.29, 0.717) is 26.1 Å². The van der Waals surface area contributed by atoms with Gasteiger partial charge >= 0.3 is 0 Å². The number of rotatable bonds is 3. The van der Waals surface area contributed by atoms with Gasteiger partial charge in [0.15, 0.2) is 0 Å². The Labute approximate surface area is 183 Å². The van der Waals surface area contributed by atoms with Gasteiger partial charge in [-0.2, -0.15) is 0 Å². The van der Waals surface area contributed by atoms with Crippen LogP contribution in [0.3, 0.4) is 0 Å². The summed E-state index contributed by atoms with van der Waals surface area (Å²) in [5, 5.41) is 3.04. The molecule has 0 aromatic heterocycles. The van der Waals surface area contributed by atoms with Crippen LogP contribution >= 0.6 is 0 Å². The molecule has 4 nitrogen and oxygen atoms in total. The second-order valence-electron chi connectivity index (χ2n) is 9.68. The summed E-state index contributed by atoms with van der Waals surface area (Å²) >= 11 is 0. The lowest BCUT2D eigenvalue weighted by Crippen LogP contribution is -2.55. The zero-order valence-corrected chi connectivity index (χ0v) is 18.6. The van der Waals surface area contributed by atoms with Crippen molar-refractivity contribution in [3.05, 3.63) is 71.0 Å². The van der Waals surface area contributed by atoms with Gasteiger partial charge in [-0.05, 0) is 67.9 Å². The highest BCUT2D eigenvalue weighted by Gasteiger charge is 2.48. The summed E-state index contributed by atoms with van der Waals surface area (Å²) in [6, 6.07) is 15.0. The van der Waals surface area contributed by atoms with Gasteiger partial charge in [-0.1, -0.05) is 36.4 Å². The Morgan fingerprint density at radius 3 is 2.45 bits per heavy atom. The van der Waals surface area contributed by atoms with Gasteiger partial charge in [0.2, 0.25) is 11.8 Å². The summed E-state index contributed by atoms with van der Waals surface area (Å²) in [5.74, 6) is 0.144. The van der Waals surface area contributed by atoms with Gasteiger partial charge in [0.25, 0.3) is 0 Å². The summed E-state index contributed by atoms with van der Waals surface area (Å²) in [6.45, 7) is 7.61. The smallest absolute Gasteiger partial charge is 0.232 e. The van der Waals surface area contributed by atoms with Crippen LogP contribution in [0.5, 0.6) is 0 Å². The maximum absolute atomic E-state index is 13.6. The number of nitrogens with zero attached hydrogens (tertiary/aromatic N) is 1. The van der Waals surface area contributed by atoms with Crippen molar-refractivity contribution < 1.29 is 14.0 Å². The Kier molecular flexibility index (Phi) is 5.63. The van der Waals surface area contributed by atoms with E-state index in [1.165, 1.54) is 17.7 Å². The van der Waals surface area contributed by atoms with Gasteiger partial charge in [-0.3, -0.25) is 9.59 Å². The molecule has 4 rings (SSSR count). The third-order valence-electron chi connectivity index (χ3n) is 7.40. The summed E-state index contributed by atoms with van der Waals surface area (Å²) in [6.07, 6.45) is 2.13. The molecule has 2 amide bonds. The zero-order valence-electron chi connectivity index (χ0n) is 18.6. The first-order valence-corrected chi connectivity index (χ1v) is 11.1. The molecule has 31 heavy (non-hydrogen) atoms. The minimum Gasteiger partial charge on any atom is -0.355 e. The molecule has 2 fully saturated rings. The number of benzene rings is 2. The zero-order chi connectivity index (χ0) is 22.2. The van der Waals surface area contributed by atoms with Crippen LogP contribution in [0.15, 0.2) is 48.5 Å². The topological polar surface area (TPSA) is 49.4 Å². The van der Waals surface area contributed by atoms with Crippen molar-refractivity contribution in [3.8, 4) is 0 Å². The normalized spacial score (nSPS) is 21.1. The third kappa shape index (κ3) is 3.98. The van der Waals surface area contributed by atoms with E-state index in [2.05, 4.69) is 17.4 Å². The molecule has 0 aliphatic carbocycles. The molecule has 1 unspecified atom stereocenters. The number of aryl methyl sites for hydroxylation is 1. The lowest BCUT2D eigenvalue weighted by atomic mass is 9.62. The number of hydrogen-bond donors (Lipinski definition) is 1. The van der Waals surface area contributed by atoms with Crippen LogP contribution in [0.25, 0.3) is 0 Å². The molecular formula is C26H31FN2O2. The van der Waals surface area contributed by atoms with Gasteiger partial charge in [-0.25, -0.2) is 4.39 Å². The van der Waals surface area contributed by atoms with E-state index >= 15 is 0 Å². The predicted octanol–water partition coefficient (Wildman–Crippen LogP) is 4.32. The van der Waals surface area contributed by atoms with Crippen LogP contribution in [0.1, 0.15) is 55.7 Å². The molecule has 0 radical (unpaired) electrons. The third-order valence-corrected chi connectivity index (χ3v) is 7.40. The summed E-state index contributed by atoms with van der Waals surface area (Å²) in [7, 11) is 0. The number of hydrogen-bond acceptors (Lipinski definition) is 2. The molecule has 0 saturated carbocycles. The SMILES string of the molecule is Cc1cc(F)ccc1C(C)(C)C(=O)N1CCC2(CC1)CC(=O)NCC2c1ccccc1. The summed E-state index contributed by atoms with van der Waals surface area (Å²) in [5.41, 5.74) is 2.06. The fourth-order valence-electron chi connectivity index (χ4n) is 5.61. The van der Waals surface area contributed by atoms with E-state index in [9.17, 15) is 14.0 Å². The summed E-state index contributed by atoms with van der Waals surface area (Å²) < 4.78 is 13.6. The fourth-order valence-corrected chi connectivity index (χ4v) is 5.61. The lowest BCUT2D eigenvalue weighted by molar-refractivity contribution is -0.140. The lowest BCUT2D eigenvalue weighted by Gasteiger charge is -2.50. The number of carbonyl (C=O) groups excluding carboxylic acids is 2. The molecule has 5 heteroatoms. The molecule has 2 aromatic rings. The average molecular weight is 423 g/mol. The molecule has 2 aliphatic heterocycles. The van der Waals surface area contributed by atoms with Crippen molar-refractivity contribution in [1.82, 2.24) is 10.2 Å². The quantitative estimate of drug-likeness (QED) is 0.801. The number of carbonyl (C=O) groups is 2. The second kappa shape index (κ2) is 8.10. The Morgan fingerprint density at radius 2 is 1.81 bits per heavy atom. The van der Waals surface area contributed by atoms with Crippen LogP contribution < -0.4 is 5.32 Å². The molecule has 1 atom stereocenters. The van der Waals surface area contributed by atoms with E-state index < -0.39 is 5.41 Å². The van der Waals surface area contributed by atoms with E-state index in [1.54, 1.807) is 6.07 Å². The number of amides is 2. The highest BCUT2D eigenvalue weighted by atomic mass is 19.1. The van der Waals surface area contributed by atoms with E-state index in [0.717, 1.165) is 24.0 Å². The highest BCUT2D eigenvalue weighted by molar-refractivity contribution is 5.88. The van der Waals surface area contributed by atoms with Crippen LogP contribution in [0.2, 0.25) is 0 Å². The fraction of sp³-hybridized carbons (Fsp3) is 0.462. The van der Waals surface area contributed by atoms with Gasteiger partial charge in [0.1, 0.15) is 5.82 Å². The van der Waals surface area contributed by atoms with Crippen molar-refractivity contribution in [2.24, 2.45) is 5.41 Å². The van der Waals surface area contributed by atoms with E-state index in [1.807, 2.05) is 43.9 Å². The number of likely N-dealkylation sites (tertiary alicyclic amines) is 1. The van der Waals surface area contributed by atoms with Crippen molar-refractivity contribution in [2.75, 3.05) is 19.6 Å². The molecule has 2 aromatic carbocycles. The van der Waals surface area contributed by atoms with Crippen molar-refractivity contribution in [1.29, 1.82) is 0 Å². The highest BCUT2D eigenvalue weighted by Crippen LogP contribution is 2.49. The first kappa shape index (κ1) is 21.5. The number of nitrogens with one attached hydrogen (secondary N) is 1. The Hall–Kier alpha value is -2.69. The van der Waals surface area contributed by atoms with Gasteiger partial charge in [-0.15, -0.1) is 0 Å². The minimum atomic E-state index is -0.731.